The van der Waals surface area contributed by atoms with Gasteiger partial charge in [-0.15, -0.1) is 0 Å². The van der Waals surface area contributed by atoms with Crippen LogP contribution < -0.4 is 10.6 Å². The number of nitrogen functional groups attached to an aromatic ring is 1. The molecule has 25 heavy (non-hydrogen) atoms. The first-order valence-electron chi connectivity index (χ1n) is 7.01. The summed E-state index contributed by atoms with van der Waals surface area (Å²) in [6.45, 7) is 0.0582. The van der Waals surface area contributed by atoms with E-state index in [1.54, 1.807) is 0 Å². The van der Waals surface area contributed by atoms with Crippen molar-refractivity contribution in [2.75, 3.05) is 10.6 Å². The summed E-state index contributed by atoms with van der Waals surface area (Å²) in [5.41, 5.74) is 6.61. The van der Waals surface area contributed by atoms with E-state index in [1.165, 1.54) is 35.4 Å². The third-order valence-corrected chi connectivity index (χ3v) is 3.36. The second-order valence-corrected chi connectivity index (χ2v) is 5.02. The Morgan fingerprint density at radius 1 is 1.20 bits per heavy atom. The predicted molar refractivity (Wildman–Crippen MR) is 86.9 cm³/mol. The molecule has 0 aliphatic carbocycles. The van der Waals surface area contributed by atoms with Gasteiger partial charge in [0, 0.05) is 5.69 Å². The molecular weight excluding hydrogens is 328 g/mol. The molecule has 2 aromatic heterocycles. The fourth-order valence-electron chi connectivity index (χ4n) is 2.18. The van der Waals surface area contributed by atoms with Crippen LogP contribution in [0.1, 0.15) is 16.1 Å². The molecule has 0 saturated carbocycles. The van der Waals surface area contributed by atoms with Gasteiger partial charge in [0.1, 0.15) is 0 Å². The number of carbonyl (C=O) groups excluding carboxylic acids is 1. The molecule has 1 amide bonds. The number of aromatic carboxylic acids is 1. The van der Waals surface area contributed by atoms with Crippen LogP contribution in [0, 0.1) is 0 Å². The summed E-state index contributed by atoms with van der Waals surface area (Å²) in [5, 5.41) is 18.7. The number of nitrogens with zero attached hydrogens (tertiary/aromatic N) is 5. The number of benzene rings is 1. The van der Waals surface area contributed by atoms with Gasteiger partial charge in [-0.1, -0.05) is 0 Å². The lowest BCUT2D eigenvalue weighted by molar-refractivity contribution is -0.107. The van der Waals surface area contributed by atoms with E-state index in [0.29, 0.717) is 17.8 Å². The summed E-state index contributed by atoms with van der Waals surface area (Å²) >= 11 is 0. The predicted octanol–water partition coefficient (Wildman–Crippen LogP) is 0.569. The van der Waals surface area contributed by atoms with Crippen LogP contribution in [0.3, 0.4) is 0 Å². The first kappa shape index (κ1) is 16.1. The van der Waals surface area contributed by atoms with Gasteiger partial charge < -0.3 is 20.8 Å². The standard InChI is InChI=1S/C15H12N6O4/c16-15-19-12-11(13(23)20-15)18-9(5-17-12)6-21(7-22)10-3-1-8(2-4-10)14(24)25/h1-5,7H,6H2,(H,24,25)(H3,16,17,19,20,23). The Hall–Kier alpha value is -3.82. The first-order chi connectivity index (χ1) is 12.0. The molecule has 0 bridgehead atoms. The van der Waals surface area contributed by atoms with Gasteiger partial charge >= 0.3 is 5.97 Å². The zero-order valence-electron chi connectivity index (χ0n) is 12.7. The second kappa shape index (κ2) is 6.35. The van der Waals surface area contributed by atoms with Crippen LogP contribution in [0.5, 0.6) is 5.88 Å². The maximum Gasteiger partial charge on any atom is 0.335 e. The molecule has 0 unspecified atom stereocenters. The molecule has 0 spiro atoms. The van der Waals surface area contributed by atoms with Crippen molar-refractivity contribution >= 4 is 35.2 Å². The molecule has 0 aliphatic heterocycles. The normalized spacial score (nSPS) is 10.6. The first-order valence-corrected chi connectivity index (χ1v) is 7.01. The minimum absolute atomic E-state index is 0.0582. The van der Waals surface area contributed by atoms with Crippen LogP contribution in [0.15, 0.2) is 30.5 Å². The zero-order chi connectivity index (χ0) is 18.0. The van der Waals surface area contributed by atoms with E-state index < -0.39 is 11.8 Å². The average Bonchev–Trinajstić information content (AvgIpc) is 2.60. The Balaban J connectivity index is 1.90. The number of anilines is 2. The van der Waals surface area contributed by atoms with E-state index >= 15 is 0 Å². The summed E-state index contributed by atoms with van der Waals surface area (Å²) in [7, 11) is 0. The van der Waals surface area contributed by atoms with Gasteiger partial charge in [-0.2, -0.15) is 9.97 Å². The van der Waals surface area contributed by atoms with Gasteiger partial charge in [-0.05, 0) is 24.3 Å². The largest absolute Gasteiger partial charge is 0.492 e. The summed E-state index contributed by atoms with van der Waals surface area (Å²) in [6.07, 6.45) is 1.98. The van der Waals surface area contributed by atoms with E-state index in [4.69, 9.17) is 10.8 Å². The summed E-state index contributed by atoms with van der Waals surface area (Å²) in [4.78, 5) is 39.3. The number of rotatable bonds is 5. The van der Waals surface area contributed by atoms with Crippen molar-refractivity contribution in [1.29, 1.82) is 0 Å². The Labute approximate surface area is 140 Å². The Morgan fingerprint density at radius 3 is 2.56 bits per heavy atom. The highest BCUT2D eigenvalue weighted by atomic mass is 16.4. The van der Waals surface area contributed by atoms with Gasteiger partial charge in [0.2, 0.25) is 18.2 Å². The third-order valence-electron chi connectivity index (χ3n) is 3.36. The highest BCUT2D eigenvalue weighted by molar-refractivity contribution is 5.88. The fourth-order valence-corrected chi connectivity index (χ4v) is 2.18. The quantitative estimate of drug-likeness (QED) is 0.565. The number of amides is 1. The number of fused-ring (bicyclic) bond motifs is 1. The Bertz CT molecular complexity index is 960. The van der Waals surface area contributed by atoms with Gasteiger partial charge in [-0.3, -0.25) is 4.79 Å². The third kappa shape index (κ3) is 3.27. The summed E-state index contributed by atoms with van der Waals surface area (Å²) in [5.74, 6) is -1.58. The molecule has 3 aromatic rings. The van der Waals surface area contributed by atoms with Crippen molar-refractivity contribution in [3.8, 4) is 5.88 Å². The summed E-state index contributed by atoms with van der Waals surface area (Å²) in [6, 6.07) is 5.80. The summed E-state index contributed by atoms with van der Waals surface area (Å²) < 4.78 is 0. The Morgan fingerprint density at radius 2 is 1.92 bits per heavy atom. The van der Waals surface area contributed by atoms with Crippen molar-refractivity contribution in [2.45, 2.75) is 6.54 Å². The minimum atomic E-state index is -1.06. The average molecular weight is 340 g/mol. The van der Waals surface area contributed by atoms with Crippen LogP contribution in [-0.2, 0) is 11.3 Å². The van der Waals surface area contributed by atoms with E-state index in [1.807, 2.05) is 0 Å². The van der Waals surface area contributed by atoms with Crippen LogP contribution in [0.4, 0.5) is 11.6 Å². The van der Waals surface area contributed by atoms with Crippen LogP contribution >= 0.6 is 0 Å². The Kier molecular flexibility index (Phi) is 4.08. The molecule has 3 rings (SSSR count). The molecule has 1 aromatic carbocycles. The lowest BCUT2D eigenvalue weighted by atomic mass is 10.2. The van der Waals surface area contributed by atoms with E-state index in [9.17, 15) is 14.7 Å². The molecule has 0 radical (unpaired) electrons. The zero-order valence-corrected chi connectivity index (χ0v) is 12.7. The van der Waals surface area contributed by atoms with Crippen molar-refractivity contribution in [3.05, 3.63) is 41.7 Å². The lowest BCUT2D eigenvalue weighted by Gasteiger charge is -2.17. The maximum absolute atomic E-state index is 11.4. The van der Waals surface area contributed by atoms with Crippen molar-refractivity contribution in [2.24, 2.45) is 0 Å². The molecular formula is C15H12N6O4. The molecule has 0 fully saturated rings. The SMILES string of the molecule is Nc1nc(O)c2nc(CN(C=O)c3ccc(C(=O)O)cc3)cnc2n1. The molecule has 10 heteroatoms. The molecule has 2 heterocycles. The number of hydrogen-bond acceptors (Lipinski definition) is 8. The van der Waals surface area contributed by atoms with E-state index in [0.717, 1.165) is 0 Å². The number of carbonyl (C=O) groups is 2. The van der Waals surface area contributed by atoms with Crippen LogP contribution in [-0.4, -0.2) is 42.5 Å². The van der Waals surface area contributed by atoms with E-state index in [-0.39, 0.29) is 29.2 Å². The molecule has 10 nitrogen and oxygen atoms in total. The molecule has 0 aliphatic rings. The molecule has 0 saturated heterocycles. The maximum atomic E-state index is 11.4. The number of carboxylic acids is 1. The highest BCUT2D eigenvalue weighted by Crippen LogP contribution is 2.20. The minimum Gasteiger partial charge on any atom is -0.492 e. The van der Waals surface area contributed by atoms with Crippen LogP contribution in [0.25, 0.3) is 11.2 Å². The van der Waals surface area contributed by atoms with Crippen molar-refractivity contribution in [1.82, 2.24) is 19.9 Å². The lowest BCUT2D eigenvalue weighted by Crippen LogP contribution is -2.21. The number of hydrogen-bond donors (Lipinski definition) is 3. The fraction of sp³-hybridized carbons (Fsp3) is 0.0667. The molecule has 126 valence electrons. The van der Waals surface area contributed by atoms with Crippen molar-refractivity contribution < 1.29 is 19.8 Å². The van der Waals surface area contributed by atoms with Crippen LogP contribution in [0.2, 0.25) is 0 Å². The van der Waals surface area contributed by atoms with Gasteiger partial charge in [0.05, 0.1) is 24.0 Å². The van der Waals surface area contributed by atoms with E-state index in [2.05, 4.69) is 19.9 Å². The van der Waals surface area contributed by atoms with Crippen molar-refractivity contribution in [3.63, 3.8) is 0 Å². The highest BCUT2D eigenvalue weighted by Gasteiger charge is 2.13. The molecule has 4 N–H and O–H groups in total. The number of aromatic hydroxyl groups is 1. The van der Waals surface area contributed by atoms with Gasteiger partial charge in [-0.25, -0.2) is 14.8 Å². The smallest absolute Gasteiger partial charge is 0.335 e. The topological polar surface area (TPSA) is 155 Å². The molecule has 0 atom stereocenters. The number of aromatic nitrogens is 4. The van der Waals surface area contributed by atoms with Gasteiger partial charge in [0.15, 0.2) is 11.2 Å². The monoisotopic (exact) mass is 340 g/mol. The number of nitrogens with two attached hydrogens (primary N) is 1. The van der Waals surface area contributed by atoms with Gasteiger partial charge in [0.25, 0.3) is 0 Å². The number of carboxylic acid groups (broad SMARTS) is 1. The second-order valence-electron chi connectivity index (χ2n) is 5.02.